The van der Waals surface area contributed by atoms with Gasteiger partial charge in [0.2, 0.25) is 0 Å². The zero-order chi connectivity index (χ0) is 15.3. The molecule has 2 nitrogen and oxygen atoms in total. The largest absolute Gasteiger partial charge is 0.312 e. The fourth-order valence-electron chi connectivity index (χ4n) is 2.69. The maximum Gasteiger partial charge on any atom is 0.0234 e. The Hall–Kier alpha value is -0.510. The van der Waals surface area contributed by atoms with Crippen molar-refractivity contribution in [1.82, 2.24) is 10.2 Å². The molecule has 1 aliphatic heterocycles. The second kappa shape index (κ2) is 7.66. The molecule has 1 N–H and O–H groups in total. The first-order chi connectivity index (χ1) is 9.92. The van der Waals surface area contributed by atoms with E-state index in [0.29, 0.717) is 0 Å². The fraction of sp³-hybridized carbons (Fsp3) is 0.667. The second-order valence-corrected chi connectivity index (χ2v) is 8.71. The molecule has 1 atom stereocenters. The molecule has 1 heterocycles. The lowest BCUT2D eigenvalue weighted by Crippen LogP contribution is -2.37. The standard InChI is InChI=1S/C18H30N2S/c1-15-13-20(11-12-21-15)14-17-7-5-16(6-8-17)9-10-19-18(2,3)4/h5-8,15,19H,9-14H2,1-4H3. The number of hydrogen-bond donors (Lipinski definition) is 1. The van der Waals surface area contributed by atoms with Gasteiger partial charge >= 0.3 is 0 Å². The van der Waals surface area contributed by atoms with E-state index in [2.05, 4.69) is 73.9 Å². The zero-order valence-electron chi connectivity index (χ0n) is 14.0. The van der Waals surface area contributed by atoms with Crippen molar-refractivity contribution in [3.8, 4) is 0 Å². The van der Waals surface area contributed by atoms with Gasteiger partial charge in [0.25, 0.3) is 0 Å². The third kappa shape index (κ3) is 6.41. The number of benzene rings is 1. The minimum atomic E-state index is 0.211. The number of nitrogens with one attached hydrogen (secondary N) is 1. The smallest absolute Gasteiger partial charge is 0.0234 e. The van der Waals surface area contributed by atoms with E-state index in [0.717, 1.165) is 24.8 Å². The normalized spacial score (nSPS) is 20.7. The third-order valence-corrected chi connectivity index (χ3v) is 4.96. The van der Waals surface area contributed by atoms with Gasteiger partial charge in [0.05, 0.1) is 0 Å². The lowest BCUT2D eigenvalue weighted by molar-refractivity contribution is 0.278. The first-order valence-corrected chi connectivity index (χ1v) is 9.14. The highest BCUT2D eigenvalue weighted by atomic mass is 32.2. The summed E-state index contributed by atoms with van der Waals surface area (Å²) in [7, 11) is 0. The molecule has 0 aromatic heterocycles. The van der Waals surface area contributed by atoms with E-state index in [1.165, 1.54) is 30.0 Å². The van der Waals surface area contributed by atoms with Crippen molar-refractivity contribution in [1.29, 1.82) is 0 Å². The first-order valence-electron chi connectivity index (χ1n) is 8.09. The number of hydrogen-bond acceptors (Lipinski definition) is 3. The molecular weight excluding hydrogens is 276 g/mol. The fourth-order valence-corrected chi connectivity index (χ4v) is 3.77. The molecule has 1 unspecified atom stereocenters. The van der Waals surface area contributed by atoms with Crippen LogP contribution in [0.2, 0.25) is 0 Å². The van der Waals surface area contributed by atoms with Crippen LogP contribution in [0.4, 0.5) is 0 Å². The van der Waals surface area contributed by atoms with Gasteiger partial charge in [-0.05, 0) is 44.9 Å². The zero-order valence-corrected chi connectivity index (χ0v) is 14.8. The van der Waals surface area contributed by atoms with Crippen LogP contribution in [0, 0.1) is 0 Å². The van der Waals surface area contributed by atoms with Gasteiger partial charge in [-0.25, -0.2) is 0 Å². The van der Waals surface area contributed by atoms with E-state index in [4.69, 9.17) is 0 Å². The predicted octanol–water partition coefficient (Wildman–Crippen LogP) is 3.55. The van der Waals surface area contributed by atoms with Crippen LogP contribution in [-0.4, -0.2) is 41.1 Å². The lowest BCUT2D eigenvalue weighted by atomic mass is 10.1. The van der Waals surface area contributed by atoms with Gasteiger partial charge in [0.15, 0.2) is 0 Å². The molecule has 21 heavy (non-hydrogen) atoms. The van der Waals surface area contributed by atoms with Crippen molar-refractivity contribution in [2.45, 2.75) is 51.4 Å². The van der Waals surface area contributed by atoms with Crippen LogP contribution in [0.3, 0.4) is 0 Å². The summed E-state index contributed by atoms with van der Waals surface area (Å²) in [5.74, 6) is 1.28. The van der Waals surface area contributed by atoms with E-state index in [1.807, 2.05) is 0 Å². The molecular formula is C18H30N2S. The number of rotatable bonds is 5. The molecule has 1 aromatic carbocycles. The van der Waals surface area contributed by atoms with Crippen LogP contribution in [0.5, 0.6) is 0 Å². The molecule has 0 spiro atoms. The number of nitrogens with zero attached hydrogens (tertiary/aromatic N) is 1. The minimum absolute atomic E-state index is 0.211. The summed E-state index contributed by atoms with van der Waals surface area (Å²) in [5, 5.41) is 4.32. The first kappa shape index (κ1) is 16.9. The maximum absolute atomic E-state index is 3.54. The van der Waals surface area contributed by atoms with Crippen LogP contribution in [0.15, 0.2) is 24.3 Å². The van der Waals surface area contributed by atoms with Crippen LogP contribution < -0.4 is 5.32 Å². The molecule has 0 saturated carbocycles. The molecule has 3 heteroatoms. The van der Waals surface area contributed by atoms with Crippen molar-refractivity contribution in [3.05, 3.63) is 35.4 Å². The molecule has 1 aromatic rings. The van der Waals surface area contributed by atoms with E-state index in [-0.39, 0.29) is 5.54 Å². The van der Waals surface area contributed by atoms with Gasteiger partial charge in [-0.1, -0.05) is 31.2 Å². The van der Waals surface area contributed by atoms with Gasteiger partial charge in [-0.2, -0.15) is 11.8 Å². The molecule has 0 bridgehead atoms. The topological polar surface area (TPSA) is 15.3 Å². The Balaban J connectivity index is 1.79. The minimum Gasteiger partial charge on any atom is -0.312 e. The van der Waals surface area contributed by atoms with E-state index >= 15 is 0 Å². The van der Waals surface area contributed by atoms with Crippen LogP contribution >= 0.6 is 11.8 Å². The van der Waals surface area contributed by atoms with Crippen molar-refractivity contribution < 1.29 is 0 Å². The Morgan fingerprint density at radius 2 is 1.86 bits per heavy atom. The summed E-state index contributed by atoms with van der Waals surface area (Å²) in [5.41, 5.74) is 3.09. The van der Waals surface area contributed by atoms with Gasteiger partial charge in [0.1, 0.15) is 0 Å². The summed E-state index contributed by atoms with van der Waals surface area (Å²) < 4.78 is 0. The average molecular weight is 307 g/mol. The van der Waals surface area contributed by atoms with Crippen molar-refractivity contribution in [2.24, 2.45) is 0 Å². The Bertz CT molecular complexity index is 422. The van der Waals surface area contributed by atoms with E-state index < -0.39 is 0 Å². The molecule has 118 valence electrons. The summed E-state index contributed by atoms with van der Waals surface area (Å²) >= 11 is 2.10. The predicted molar refractivity (Wildman–Crippen MR) is 95.1 cm³/mol. The molecule has 0 radical (unpaired) electrons. The Labute approximate surface area is 134 Å². The summed E-state index contributed by atoms with van der Waals surface area (Å²) in [4.78, 5) is 2.58. The summed E-state index contributed by atoms with van der Waals surface area (Å²) in [6.07, 6.45) is 1.11. The van der Waals surface area contributed by atoms with Gasteiger partial charge in [-0.3, -0.25) is 4.90 Å². The van der Waals surface area contributed by atoms with E-state index in [1.54, 1.807) is 0 Å². The maximum atomic E-state index is 3.54. The van der Waals surface area contributed by atoms with Crippen LogP contribution in [0.1, 0.15) is 38.8 Å². The van der Waals surface area contributed by atoms with Crippen molar-refractivity contribution in [2.75, 3.05) is 25.4 Å². The van der Waals surface area contributed by atoms with Gasteiger partial charge < -0.3 is 5.32 Å². The van der Waals surface area contributed by atoms with Crippen molar-refractivity contribution >= 4 is 11.8 Å². The SMILES string of the molecule is CC1CN(Cc2ccc(CCNC(C)(C)C)cc2)CCS1. The van der Waals surface area contributed by atoms with Gasteiger partial charge in [0, 0.05) is 36.2 Å². The Morgan fingerprint density at radius 1 is 1.19 bits per heavy atom. The van der Waals surface area contributed by atoms with Crippen molar-refractivity contribution in [3.63, 3.8) is 0 Å². The molecule has 0 amide bonds. The molecule has 1 saturated heterocycles. The summed E-state index contributed by atoms with van der Waals surface area (Å²) in [6.45, 7) is 13.6. The average Bonchev–Trinajstić information content (AvgIpc) is 2.39. The van der Waals surface area contributed by atoms with Gasteiger partial charge in [-0.15, -0.1) is 0 Å². The molecule has 2 rings (SSSR count). The highest BCUT2D eigenvalue weighted by Gasteiger charge is 2.16. The molecule has 0 aliphatic carbocycles. The Kier molecular flexibility index (Phi) is 6.15. The highest BCUT2D eigenvalue weighted by Crippen LogP contribution is 2.19. The second-order valence-electron chi connectivity index (χ2n) is 7.16. The van der Waals surface area contributed by atoms with E-state index in [9.17, 15) is 0 Å². The summed E-state index contributed by atoms with van der Waals surface area (Å²) in [6, 6.07) is 9.20. The number of thioether (sulfide) groups is 1. The lowest BCUT2D eigenvalue weighted by Gasteiger charge is -2.30. The molecule has 1 fully saturated rings. The van der Waals surface area contributed by atoms with Crippen LogP contribution in [0.25, 0.3) is 0 Å². The quantitative estimate of drug-likeness (QED) is 0.895. The monoisotopic (exact) mass is 306 g/mol. The van der Waals surface area contributed by atoms with Crippen LogP contribution in [-0.2, 0) is 13.0 Å². The Morgan fingerprint density at radius 3 is 2.48 bits per heavy atom. The third-order valence-electron chi connectivity index (χ3n) is 3.82. The molecule has 1 aliphatic rings. The highest BCUT2D eigenvalue weighted by molar-refractivity contribution is 7.99.